The van der Waals surface area contributed by atoms with Crippen molar-refractivity contribution in [1.29, 1.82) is 0 Å². The molecule has 8 nitrogen and oxygen atoms in total. The van der Waals surface area contributed by atoms with Crippen molar-refractivity contribution in [1.82, 2.24) is 15.1 Å². The number of hydrogen-bond acceptors (Lipinski definition) is 6. The van der Waals surface area contributed by atoms with E-state index in [0.29, 0.717) is 16.2 Å². The van der Waals surface area contributed by atoms with Crippen LogP contribution in [0.15, 0.2) is 36.4 Å². The van der Waals surface area contributed by atoms with E-state index in [4.69, 9.17) is 12.3 Å². The maximum Gasteiger partial charge on any atom is 0.255 e. The highest BCUT2D eigenvalue weighted by Gasteiger charge is 2.39. The van der Waals surface area contributed by atoms with Crippen LogP contribution in [0.4, 0.5) is 10.1 Å². The van der Waals surface area contributed by atoms with E-state index in [1.54, 1.807) is 12.1 Å². The number of halogens is 1. The third kappa shape index (κ3) is 4.53. The second kappa shape index (κ2) is 9.52. The topological polar surface area (TPSA) is 91.0 Å². The molecule has 2 aromatic carbocycles. The normalized spacial score (nSPS) is 32.9. The van der Waals surface area contributed by atoms with Crippen LogP contribution in [-0.2, 0) is 34.0 Å². The summed E-state index contributed by atoms with van der Waals surface area (Å²) in [5, 5.41) is 5.13. The summed E-state index contributed by atoms with van der Waals surface area (Å²) in [6.07, 6.45) is -0.265. The zero-order valence-electron chi connectivity index (χ0n) is 26.9. The Bertz CT molecular complexity index is 1500. The van der Waals surface area contributed by atoms with Gasteiger partial charge in [0.2, 0.25) is 11.8 Å². The van der Waals surface area contributed by atoms with Gasteiger partial charge >= 0.3 is 0 Å². The lowest BCUT2D eigenvalue weighted by atomic mass is 10.0. The monoisotopic (exact) mass is 475 g/mol. The summed E-state index contributed by atoms with van der Waals surface area (Å²) in [5.74, 6) is -2.66. The first-order valence-electron chi connectivity index (χ1n) is 15.1. The van der Waals surface area contributed by atoms with E-state index in [0.717, 1.165) is 11.0 Å². The van der Waals surface area contributed by atoms with E-state index in [9.17, 15) is 18.8 Å². The number of amides is 3. The minimum absolute atomic E-state index is 0.0545. The number of nitrogens with one attached hydrogen (secondary N) is 2. The number of rotatable bonds is 6. The molecule has 34 heavy (non-hydrogen) atoms. The maximum atomic E-state index is 14.9. The Kier molecular flexibility index (Phi) is 3.97. The molecule has 1 atom stereocenters. The van der Waals surface area contributed by atoms with Crippen molar-refractivity contribution in [3.05, 3.63) is 64.5 Å². The van der Waals surface area contributed by atoms with E-state index >= 15 is 0 Å². The molecule has 3 heterocycles. The first-order valence-corrected chi connectivity index (χ1v) is 10.6. The third-order valence-electron chi connectivity index (χ3n) is 5.78. The van der Waals surface area contributed by atoms with Gasteiger partial charge in [0.05, 0.1) is 20.0 Å². The Morgan fingerprint density at radius 3 is 2.82 bits per heavy atom. The van der Waals surface area contributed by atoms with E-state index in [2.05, 4.69) is 15.4 Å². The Balaban J connectivity index is 1.37. The average Bonchev–Trinajstić information content (AvgIpc) is 3.25. The van der Waals surface area contributed by atoms with Gasteiger partial charge in [0.15, 0.2) is 0 Å². The molecule has 3 aliphatic rings. The van der Waals surface area contributed by atoms with Crippen LogP contribution >= 0.6 is 0 Å². The van der Waals surface area contributed by atoms with Crippen molar-refractivity contribution < 1.29 is 35.8 Å². The zero-order valence-corrected chi connectivity index (χ0v) is 17.9. The first-order chi connectivity index (χ1) is 19.8. The van der Waals surface area contributed by atoms with Gasteiger partial charge in [-0.3, -0.25) is 24.6 Å². The number of benzene rings is 2. The number of nitrogens with zero attached hydrogens (tertiary/aromatic N) is 2. The van der Waals surface area contributed by atoms with Gasteiger partial charge in [-0.2, -0.15) is 0 Å². The molecule has 178 valence electrons. The lowest BCUT2D eigenvalue weighted by Crippen LogP contribution is -2.52. The summed E-state index contributed by atoms with van der Waals surface area (Å²) in [6.45, 7) is -13.5. The Labute approximate surface area is 209 Å². The molecule has 0 bridgehead atoms. The van der Waals surface area contributed by atoms with Crippen molar-refractivity contribution in [3.63, 3.8) is 0 Å². The zero-order chi connectivity index (χ0) is 31.8. The number of hydrogen-bond donors (Lipinski definition) is 2. The second-order valence-corrected chi connectivity index (χ2v) is 7.94. The Morgan fingerprint density at radius 1 is 1.21 bits per heavy atom. The highest BCUT2D eigenvalue weighted by molar-refractivity contribution is 6.06. The molecule has 3 aliphatic heterocycles. The fourth-order valence-corrected chi connectivity index (χ4v) is 4.10. The van der Waals surface area contributed by atoms with Gasteiger partial charge in [-0.15, -0.1) is 0 Å². The van der Waals surface area contributed by atoms with Crippen molar-refractivity contribution >= 4 is 23.4 Å². The molecule has 5 rings (SSSR count). The van der Waals surface area contributed by atoms with Crippen molar-refractivity contribution in [2.75, 3.05) is 31.4 Å². The van der Waals surface area contributed by atoms with E-state index in [1.807, 2.05) is 0 Å². The molecule has 0 aromatic heterocycles. The van der Waals surface area contributed by atoms with E-state index in [1.165, 1.54) is 18.2 Å². The maximum absolute atomic E-state index is 14.9. The molecule has 0 spiro atoms. The standard InChI is InChI=1S/C25H27FN4O4/c26-20-5-4-16(14-29-8-10-34-11-9-29)12-17(20)13-27-21-3-1-2-18-19(21)15-30(25(18)33)22-6-7-23(31)28-24(22)32/h1-5,12,22,27H,6-11,13-15H2,(H,28,31,32)/i8D2,9D2,10D2,11D2,22D. The number of morpholine rings is 1. The molecule has 9 heteroatoms. The molecule has 0 radical (unpaired) electrons. The predicted molar refractivity (Wildman–Crippen MR) is 122 cm³/mol. The molecular formula is C25H27FN4O4. The van der Waals surface area contributed by atoms with Crippen molar-refractivity contribution in [2.24, 2.45) is 0 Å². The number of anilines is 1. The molecule has 1 unspecified atom stereocenters. The number of piperidine rings is 1. The Morgan fingerprint density at radius 2 is 2.03 bits per heavy atom. The molecule has 2 N–H and O–H groups in total. The quantitative estimate of drug-likeness (QED) is 0.622. The van der Waals surface area contributed by atoms with Gasteiger partial charge in [0, 0.05) is 66.9 Å². The first kappa shape index (κ1) is 14.2. The summed E-state index contributed by atoms with van der Waals surface area (Å²) < 4.78 is 92.2. The van der Waals surface area contributed by atoms with Gasteiger partial charge in [-0.1, -0.05) is 12.1 Å². The molecule has 3 amide bonds. The van der Waals surface area contributed by atoms with Crippen LogP contribution in [0.2, 0.25) is 0 Å². The van der Waals surface area contributed by atoms with Gasteiger partial charge in [-0.05, 0) is 36.2 Å². The molecule has 2 aromatic rings. The molecular weight excluding hydrogens is 439 g/mol. The minimum Gasteiger partial charge on any atom is -0.381 e. The van der Waals surface area contributed by atoms with Crippen molar-refractivity contribution in [2.45, 2.75) is 38.5 Å². The fourth-order valence-electron chi connectivity index (χ4n) is 4.10. The van der Waals surface area contributed by atoms with Crippen molar-refractivity contribution in [3.8, 4) is 0 Å². The SMILES string of the molecule is [2H]C1(N2Cc3c(NCc4cc(CN5C([2H])([2H])C([2H])([2H])OC([2H])([2H])C5([2H])[2H])ccc4F)cccc3C2=O)CCC(=O)NC1=O. The van der Waals surface area contributed by atoms with Gasteiger partial charge in [-0.25, -0.2) is 4.39 Å². The highest BCUT2D eigenvalue weighted by atomic mass is 19.1. The fraction of sp³-hybridized carbons (Fsp3) is 0.400. The minimum atomic E-state index is -3.21. The van der Waals surface area contributed by atoms with E-state index < -0.39 is 62.2 Å². The lowest BCUT2D eigenvalue weighted by molar-refractivity contribution is -0.136. The molecule has 2 fully saturated rings. The number of carbonyl (C=O) groups is 3. The number of fused-ring (bicyclic) bond motifs is 1. The largest absolute Gasteiger partial charge is 0.381 e. The number of imide groups is 1. The van der Waals surface area contributed by atoms with Crippen LogP contribution in [0.5, 0.6) is 0 Å². The predicted octanol–water partition coefficient (Wildman–Crippen LogP) is 2.03. The average molecular weight is 476 g/mol. The second-order valence-electron chi connectivity index (χ2n) is 7.94. The summed E-state index contributed by atoms with van der Waals surface area (Å²) in [5.41, 5.74) is 1.32. The molecule has 2 saturated heterocycles. The highest BCUT2D eigenvalue weighted by Crippen LogP contribution is 2.32. The molecule has 0 aliphatic carbocycles. The Hall–Kier alpha value is -3.30. The van der Waals surface area contributed by atoms with Crippen LogP contribution in [-0.4, -0.2) is 59.7 Å². The van der Waals surface area contributed by atoms with Gasteiger partial charge < -0.3 is 15.0 Å². The summed E-state index contributed by atoms with van der Waals surface area (Å²) in [4.78, 5) is 38.7. The van der Waals surface area contributed by atoms with E-state index in [-0.39, 0.29) is 42.6 Å². The summed E-state index contributed by atoms with van der Waals surface area (Å²) in [6, 6.07) is 6.35. The van der Waals surface area contributed by atoms with Crippen LogP contribution < -0.4 is 10.6 Å². The van der Waals surface area contributed by atoms with Gasteiger partial charge in [0.1, 0.15) is 11.8 Å². The van der Waals surface area contributed by atoms with Crippen LogP contribution in [0.25, 0.3) is 0 Å². The summed E-state index contributed by atoms with van der Waals surface area (Å²) >= 11 is 0. The number of carbonyl (C=O) groups excluding carboxylic acids is 3. The van der Waals surface area contributed by atoms with Crippen LogP contribution in [0.3, 0.4) is 0 Å². The molecule has 0 saturated carbocycles. The third-order valence-corrected chi connectivity index (χ3v) is 5.78. The lowest BCUT2D eigenvalue weighted by Gasteiger charge is -2.29. The number of ether oxygens (including phenoxy) is 1. The smallest absolute Gasteiger partial charge is 0.255 e. The van der Waals surface area contributed by atoms with Crippen LogP contribution in [0, 0.1) is 5.82 Å². The van der Waals surface area contributed by atoms with Gasteiger partial charge in [0.25, 0.3) is 5.91 Å². The summed E-state index contributed by atoms with van der Waals surface area (Å²) in [7, 11) is 0. The van der Waals surface area contributed by atoms with Crippen LogP contribution in [0.1, 0.15) is 52.2 Å².